The Morgan fingerprint density at radius 3 is 1.94 bits per heavy atom. The molecule has 0 saturated carbocycles. The maximum Gasteiger partial charge on any atom is 0.491 e. The minimum atomic E-state index is -5.71. The molecule has 0 radical (unpaired) electrons. The molecule has 18 heavy (non-hydrogen) atoms. The summed E-state index contributed by atoms with van der Waals surface area (Å²) in [5, 5.41) is 0. The Hall–Kier alpha value is -1.29. The van der Waals surface area contributed by atoms with E-state index in [4.69, 9.17) is 0 Å². The predicted octanol–water partition coefficient (Wildman–Crippen LogP) is 2.77. The number of hydrogen-bond acceptors (Lipinski definition) is 3. The zero-order valence-corrected chi connectivity index (χ0v) is 9.07. The first-order valence-electron chi connectivity index (χ1n) is 4.16. The van der Waals surface area contributed by atoms with Crippen LogP contribution in [-0.4, -0.2) is 21.4 Å². The number of nitrogens with zero attached hydrogens (tertiary/aromatic N) is 1. The van der Waals surface area contributed by atoms with Crippen LogP contribution in [0.1, 0.15) is 0 Å². The molecular weight excluding hydrogens is 288 g/mol. The van der Waals surface area contributed by atoms with Gasteiger partial charge in [-0.05, 0) is 29.3 Å². The Balaban J connectivity index is 3.31. The smallest absolute Gasteiger partial charge is 0.491 e. The van der Waals surface area contributed by atoms with Crippen molar-refractivity contribution in [2.45, 2.75) is 17.5 Å². The Kier molecular flexibility index (Phi) is 3.91. The van der Waals surface area contributed by atoms with E-state index in [1.165, 1.54) is 0 Å². The van der Waals surface area contributed by atoms with Crippen LogP contribution >= 0.6 is 0 Å². The van der Waals surface area contributed by atoms with Crippen LogP contribution in [0.4, 0.5) is 32.0 Å². The van der Waals surface area contributed by atoms with Crippen molar-refractivity contribution in [3.8, 4) is 0 Å². The third-order valence-electron chi connectivity index (χ3n) is 1.78. The van der Waals surface area contributed by atoms with Gasteiger partial charge in [0.25, 0.3) is 0 Å². The van der Waals surface area contributed by atoms with Gasteiger partial charge in [-0.3, -0.25) is 4.21 Å². The van der Waals surface area contributed by atoms with Gasteiger partial charge in [-0.25, -0.2) is 0 Å². The summed E-state index contributed by atoms with van der Waals surface area (Å²) in [4.78, 5) is -2.44. The van der Waals surface area contributed by atoms with Gasteiger partial charge in [0, 0.05) is 4.90 Å². The third kappa shape index (κ3) is 3.35. The highest BCUT2D eigenvalue weighted by Crippen LogP contribution is 2.38. The molecule has 3 nitrogen and oxygen atoms in total. The fourth-order valence-corrected chi connectivity index (χ4v) is 1.57. The second-order valence-electron chi connectivity index (χ2n) is 3.00. The Labute approximate surface area is 99.3 Å². The molecule has 1 aromatic carbocycles. The van der Waals surface area contributed by atoms with Gasteiger partial charge in [-0.15, -0.1) is 26.3 Å². The van der Waals surface area contributed by atoms with Gasteiger partial charge in [0.15, 0.2) is 0 Å². The summed E-state index contributed by atoms with van der Waals surface area (Å²) in [5.74, 6) is 0. The molecular formula is C8H4F6NO2S-. The zero-order valence-electron chi connectivity index (χ0n) is 8.25. The quantitative estimate of drug-likeness (QED) is 0.478. The summed E-state index contributed by atoms with van der Waals surface area (Å²) < 4.78 is 94.7. The molecule has 0 N–H and O–H groups in total. The van der Waals surface area contributed by atoms with E-state index in [0.717, 1.165) is 12.1 Å². The molecule has 1 atom stereocenters. The van der Waals surface area contributed by atoms with Gasteiger partial charge in [0.1, 0.15) is 0 Å². The summed E-state index contributed by atoms with van der Waals surface area (Å²) in [6.07, 6.45) is -11.4. The van der Waals surface area contributed by atoms with Crippen molar-refractivity contribution < 1.29 is 35.1 Å². The lowest BCUT2D eigenvalue weighted by Gasteiger charge is -2.29. The first-order chi connectivity index (χ1) is 8.03. The van der Waals surface area contributed by atoms with E-state index < -0.39 is 39.2 Å². The summed E-state index contributed by atoms with van der Waals surface area (Å²) in [5.41, 5.74) is -1.32. The minimum absolute atomic E-state index is 0.282. The maximum atomic E-state index is 12.3. The molecule has 0 fully saturated rings. The minimum Gasteiger partial charge on any atom is -0.768 e. The summed E-state index contributed by atoms with van der Waals surface area (Å²) in [6, 6.07) is 2.45. The fourth-order valence-electron chi connectivity index (χ4n) is 1.16. The normalized spacial score (nSPS) is 14.4. The molecule has 0 aliphatic carbocycles. The number of hydrogen-bond donors (Lipinski definition) is 0. The van der Waals surface area contributed by atoms with Crippen LogP contribution in [0.15, 0.2) is 29.2 Å². The first-order valence-corrected chi connectivity index (χ1v) is 5.24. The van der Waals surface area contributed by atoms with E-state index in [2.05, 4.69) is 0 Å². The van der Waals surface area contributed by atoms with Crippen molar-refractivity contribution in [1.82, 2.24) is 0 Å². The van der Waals surface area contributed by atoms with Crippen molar-refractivity contribution in [3.63, 3.8) is 0 Å². The van der Waals surface area contributed by atoms with Crippen LogP contribution in [0.25, 0.3) is 0 Å². The Morgan fingerprint density at radius 2 is 1.56 bits per heavy atom. The highest BCUT2D eigenvalue weighted by molar-refractivity contribution is 7.79. The second kappa shape index (κ2) is 4.76. The summed E-state index contributed by atoms with van der Waals surface area (Å²) in [6.45, 7) is 0. The first kappa shape index (κ1) is 14.8. The fraction of sp³-hybridized carbons (Fsp3) is 0.250. The second-order valence-corrected chi connectivity index (χ2v) is 3.94. The van der Waals surface area contributed by atoms with Crippen LogP contribution in [0.2, 0.25) is 0 Å². The number of rotatable bonds is 2. The lowest BCUT2D eigenvalue weighted by molar-refractivity contribution is -0.226. The van der Waals surface area contributed by atoms with Gasteiger partial charge >= 0.3 is 12.6 Å². The van der Waals surface area contributed by atoms with Gasteiger partial charge in [-0.1, -0.05) is 6.07 Å². The Morgan fingerprint density at radius 1 is 1.06 bits per heavy atom. The monoisotopic (exact) mass is 292 g/mol. The third-order valence-corrected chi connectivity index (χ3v) is 2.41. The standard InChI is InChI=1S/C8H5F6NO2S/c9-7(10,11)15(8(12,13)14)5-2-1-3-6(4-5)18(16)17/h1-4H,(H,16,17)/p-1. The van der Waals surface area contributed by atoms with E-state index in [9.17, 15) is 35.1 Å². The number of alkyl halides is 6. The van der Waals surface area contributed by atoms with E-state index >= 15 is 0 Å². The molecule has 0 spiro atoms. The van der Waals surface area contributed by atoms with Gasteiger partial charge in [0.2, 0.25) is 0 Å². The van der Waals surface area contributed by atoms with Gasteiger partial charge in [-0.2, -0.15) is 4.90 Å². The molecule has 1 unspecified atom stereocenters. The molecule has 0 aliphatic rings. The van der Waals surface area contributed by atoms with E-state index in [0.29, 0.717) is 6.07 Å². The molecule has 10 heteroatoms. The van der Waals surface area contributed by atoms with Crippen LogP contribution in [-0.2, 0) is 11.1 Å². The lowest BCUT2D eigenvalue weighted by Crippen LogP contribution is -2.48. The topological polar surface area (TPSA) is 43.4 Å². The highest BCUT2D eigenvalue weighted by Gasteiger charge is 2.53. The SMILES string of the molecule is O=S([O-])c1cccc(N(C(F)(F)F)C(F)(F)F)c1. The van der Waals surface area contributed by atoms with Crippen molar-refractivity contribution in [2.24, 2.45) is 0 Å². The lowest BCUT2D eigenvalue weighted by atomic mass is 10.3. The molecule has 0 aliphatic heterocycles. The molecule has 0 heterocycles. The predicted molar refractivity (Wildman–Crippen MR) is 48.2 cm³/mol. The van der Waals surface area contributed by atoms with Gasteiger partial charge < -0.3 is 4.55 Å². The summed E-state index contributed by atoms with van der Waals surface area (Å²) in [7, 11) is 0. The molecule has 1 rings (SSSR count). The molecule has 1 aromatic rings. The largest absolute Gasteiger partial charge is 0.768 e. The van der Waals surface area contributed by atoms with E-state index in [-0.39, 0.29) is 6.07 Å². The van der Waals surface area contributed by atoms with Crippen molar-refractivity contribution in [3.05, 3.63) is 24.3 Å². The van der Waals surface area contributed by atoms with E-state index in [1.807, 2.05) is 0 Å². The van der Waals surface area contributed by atoms with Crippen molar-refractivity contribution in [1.29, 1.82) is 0 Å². The number of anilines is 1. The number of halogens is 6. The van der Waals surface area contributed by atoms with Crippen LogP contribution < -0.4 is 4.90 Å². The zero-order chi connectivity index (χ0) is 14.1. The molecule has 0 saturated heterocycles. The van der Waals surface area contributed by atoms with Crippen LogP contribution in [0.5, 0.6) is 0 Å². The molecule has 102 valence electrons. The average molecular weight is 292 g/mol. The average Bonchev–Trinajstić information content (AvgIpc) is 2.13. The van der Waals surface area contributed by atoms with Crippen LogP contribution in [0, 0.1) is 0 Å². The molecule has 0 amide bonds. The van der Waals surface area contributed by atoms with Crippen molar-refractivity contribution in [2.75, 3.05) is 4.90 Å². The molecule has 0 bridgehead atoms. The van der Waals surface area contributed by atoms with Crippen LogP contribution in [0.3, 0.4) is 0 Å². The summed E-state index contributed by atoms with van der Waals surface area (Å²) >= 11 is -2.92. The van der Waals surface area contributed by atoms with E-state index in [1.54, 1.807) is 0 Å². The van der Waals surface area contributed by atoms with Gasteiger partial charge in [0.05, 0.1) is 5.69 Å². The highest BCUT2D eigenvalue weighted by atomic mass is 32.2. The Bertz CT molecular complexity index is 444. The maximum absolute atomic E-state index is 12.3. The number of benzene rings is 1. The van der Waals surface area contributed by atoms with Crippen molar-refractivity contribution >= 4 is 16.8 Å². The molecule has 0 aromatic heterocycles.